The lowest BCUT2D eigenvalue weighted by Crippen LogP contribution is -2.24. The fraction of sp³-hybridized carbons (Fsp3) is 0.333. The molecule has 3 aromatic rings. The van der Waals surface area contributed by atoms with E-state index in [1.807, 2.05) is 41.9 Å². The highest BCUT2D eigenvalue weighted by molar-refractivity contribution is 6.30. The molecule has 1 aliphatic rings. The topological polar surface area (TPSA) is 51.9 Å². The summed E-state index contributed by atoms with van der Waals surface area (Å²) >= 11 is 5.92. The summed E-state index contributed by atoms with van der Waals surface area (Å²) in [7, 11) is 1.81. The maximum atomic E-state index is 12.6. The molecule has 2 heterocycles. The van der Waals surface area contributed by atoms with Crippen molar-refractivity contribution in [3.8, 4) is 0 Å². The number of aromatic nitrogens is 3. The van der Waals surface area contributed by atoms with Crippen LogP contribution < -0.4 is 11.0 Å². The zero-order chi connectivity index (χ0) is 16.7. The third-order valence-electron chi connectivity index (χ3n) is 4.78. The van der Waals surface area contributed by atoms with E-state index in [4.69, 9.17) is 11.6 Å². The molecule has 5 nitrogen and oxygen atoms in total. The van der Waals surface area contributed by atoms with Crippen LogP contribution in [-0.4, -0.2) is 14.1 Å². The van der Waals surface area contributed by atoms with Crippen molar-refractivity contribution in [2.45, 2.75) is 31.7 Å². The highest BCUT2D eigenvalue weighted by Crippen LogP contribution is 2.31. The first-order valence-electron chi connectivity index (χ1n) is 8.23. The molecular formula is C18H19ClN4O. The van der Waals surface area contributed by atoms with Crippen molar-refractivity contribution in [2.75, 3.05) is 5.32 Å². The Morgan fingerprint density at radius 1 is 1.17 bits per heavy atom. The molecule has 1 aromatic carbocycles. The normalized spacial score (nSPS) is 15.2. The molecule has 0 spiro atoms. The van der Waals surface area contributed by atoms with Crippen LogP contribution in [0.4, 0.5) is 11.5 Å². The summed E-state index contributed by atoms with van der Waals surface area (Å²) in [6.45, 7) is 0. The number of hydrogen-bond donors (Lipinski definition) is 1. The molecule has 1 N–H and O–H groups in total. The van der Waals surface area contributed by atoms with E-state index < -0.39 is 0 Å². The lowest BCUT2D eigenvalue weighted by atomic mass is 10.2. The summed E-state index contributed by atoms with van der Waals surface area (Å²) in [5.41, 5.74) is 2.77. The average Bonchev–Trinajstić information content (AvgIpc) is 3.18. The second kappa shape index (κ2) is 5.98. The van der Waals surface area contributed by atoms with Crippen LogP contribution in [-0.2, 0) is 7.05 Å². The van der Waals surface area contributed by atoms with Gasteiger partial charge >= 0.3 is 5.69 Å². The number of nitrogens with zero attached hydrogens (tertiary/aromatic N) is 3. The van der Waals surface area contributed by atoms with Crippen molar-refractivity contribution < 1.29 is 0 Å². The van der Waals surface area contributed by atoms with E-state index in [-0.39, 0.29) is 5.69 Å². The van der Waals surface area contributed by atoms with Crippen LogP contribution in [0.15, 0.2) is 41.3 Å². The predicted octanol–water partition coefficient (Wildman–Crippen LogP) is 4.25. The van der Waals surface area contributed by atoms with Crippen molar-refractivity contribution in [1.82, 2.24) is 14.1 Å². The van der Waals surface area contributed by atoms with E-state index in [0.29, 0.717) is 11.1 Å². The molecule has 0 unspecified atom stereocenters. The molecule has 124 valence electrons. The molecule has 0 aliphatic heterocycles. The van der Waals surface area contributed by atoms with Gasteiger partial charge in [-0.05, 0) is 37.1 Å². The van der Waals surface area contributed by atoms with Gasteiger partial charge in [-0.1, -0.05) is 24.4 Å². The van der Waals surface area contributed by atoms with Crippen molar-refractivity contribution in [3.63, 3.8) is 0 Å². The van der Waals surface area contributed by atoms with Gasteiger partial charge in [0.1, 0.15) is 5.82 Å². The van der Waals surface area contributed by atoms with E-state index in [0.717, 1.165) is 35.4 Å². The molecule has 0 amide bonds. The van der Waals surface area contributed by atoms with E-state index in [1.54, 1.807) is 10.8 Å². The Labute approximate surface area is 144 Å². The Bertz CT molecular complexity index is 936. The Morgan fingerprint density at radius 2 is 1.88 bits per heavy atom. The summed E-state index contributed by atoms with van der Waals surface area (Å²) < 4.78 is 3.63. The van der Waals surface area contributed by atoms with E-state index in [2.05, 4.69) is 10.3 Å². The van der Waals surface area contributed by atoms with E-state index in [9.17, 15) is 4.79 Å². The minimum atomic E-state index is 0.0438. The SMILES string of the molecule is Cn1c(=O)n(C2CCCC2)c2cc(Nc3ccc(Cl)cc3)ncc21. The first kappa shape index (κ1) is 15.3. The number of imidazole rings is 1. The molecule has 0 saturated heterocycles. The minimum absolute atomic E-state index is 0.0438. The van der Waals surface area contributed by atoms with Gasteiger partial charge in [0.25, 0.3) is 0 Å². The summed E-state index contributed by atoms with van der Waals surface area (Å²) in [5, 5.41) is 3.97. The number of anilines is 2. The minimum Gasteiger partial charge on any atom is -0.340 e. The van der Waals surface area contributed by atoms with Crippen molar-refractivity contribution in [1.29, 1.82) is 0 Å². The smallest absolute Gasteiger partial charge is 0.329 e. The van der Waals surface area contributed by atoms with Gasteiger partial charge in [-0.15, -0.1) is 0 Å². The van der Waals surface area contributed by atoms with Gasteiger partial charge in [0.15, 0.2) is 0 Å². The van der Waals surface area contributed by atoms with Gasteiger partial charge < -0.3 is 5.32 Å². The maximum absolute atomic E-state index is 12.6. The van der Waals surface area contributed by atoms with Crippen LogP contribution in [0.1, 0.15) is 31.7 Å². The first-order chi connectivity index (χ1) is 11.6. The Balaban J connectivity index is 1.77. The molecule has 1 saturated carbocycles. The summed E-state index contributed by atoms with van der Waals surface area (Å²) in [4.78, 5) is 17.1. The largest absolute Gasteiger partial charge is 0.340 e. The van der Waals surface area contributed by atoms with Gasteiger partial charge in [0.2, 0.25) is 0 Å². The fourth-order valence-corrected chi connectivity index (χ4v) is 3.65. The Kier molecular flexibility index (Phi) is 3.81. The number of rotatable bonds is 3. The third kappa shape index (κ3) is 2.59. The van der Waals surface area contributed by atoms with Crippen molar-refractivity contribution in [2.24, 2.45) is 7.05 Å². The van der Waals surface area contributed by atoms with Gasteiger partial charge in [-0.3, -0.25) is 9.13 Å². The second-order valence-electron chi connectivity index (χ2n) is 6.34. The summed E-state index contributed by atoms with van der Waals surface area (Å²) in [5.74, 6) is 0.724. The number of pyridine rings is 1. The highest BCUT2D eigenvalue weighted by Gasteiger charge is 2.23. The molecule has 0 bridgehead atoms. The monoisotopic (exact) mass is 342 g/mol. The highest BCUT2D eigenvalue weighted by atomic mass is 35.5. The zero-order valence-corrected chi connectivity index (χ0v) is 14.3. The summed E-state index contributed by atoms with van der Waals surface area (Å²) in [6, 6.07) is 9.74. The standard InChI is InChI=1S/C18H19ClN4O/c1-22-16-11-20-17(21-13-8-6-12(19)7-9-13)10-15(16)23(18(22)24)14-4-2-3-5-14/h6-11,14H,2-5H2,1H3,(H,20,21). The molecular weight excluding hydrogens is 324 g/mol. The first-order valence-corrected chi connectivity index (χ1v) is 8.61. The number of aryl methyl sites for hydroxylation is 1. The van der Waals surface area contributed by atoms with Crippen LogP contribution >= 0.6 is 11.6 Å². The Morgan fingerprint density at radius 3 is 2.58 bits per heavy atom. The molecule has 4 rings (SSSR count). The lowest BCUT2D eigenvalue weighted by molar-refractivity contribution is 0.509. The van der Waals surface area contributed by atoms with Gasteiger partial charge in [-0.2, -0.15) is 0 Å². The van der Waals surface area contributed by atoms with Crippen LogP contribution in [0, 0.1) is 0 Å². The third-order valence-corrected chi connectivity index (χ3v) is 5.03. The number of halogens is 1. The van der Waals surface area contributed by atoms with Gasteiger partial charge in [0, 0.05) is 29.9 Å². The number of nitrogens with one attached hydrogen (secondary N) is 1. The van der Waals surface area contributed by atoms with Gasteiger partial charge in [-0.25, -0.2) is 9.78 Å². The Hall–Kier alpha value is -2.27. The average molecular weight is 343 g/mol. The van der Waals surface area contributed by atoms with Crippen molar-refractivity contribution >= 4 is 34.1 Å². The lowest BCUT2D eigenvalue weighted by Gasteiger charge is -2.12. The van der Waals surface area contributed by atoms with Crippen molar-refractivity contribution in [3.05, 3.63) is 52.0 Å². The second-order valence-corrected chi connectivity index (χ2v) is 6.78. The molecule has 2 aromatic heterocycles. The van der Waals surface area contributed by atoms with E-state index in [1.165, 1.54) is 12.8 Å². The molecule has 6 heteroatoms. The van der Waals surface area contributed by atoms with Gasteiger partial charge in [0.05, 0.1) is 17.2 Å². The fourth-order valence-electron chi connectivity index (χ4n) is 3.52. The molecule has 0 atom stereocenters. The molecule has 0 radical (unpaired) electrons. The summed E-state index contributed by atoms with van der Waals surface area (Å²) in [6.07, 6.45) is 6.28. The molecule has 1 fully saturated rings. The number of fused-ring (bicyclic) bond motifs is 1. The predicted molar refractivity (Wildman–Crippen MR) is 97.2 cm³/mol. The number of benzene rings is 1. The quantitative estimate of drug-likeness (QED) is 0.774. The number of hydrogen-bond acceptors (Lipinski definition) is 3. The maximum Gasteiger partial charge on any atom is 0.329 e. The van der Waals surface area contributed by atoms with Crippen LogP contribution in [0.5, 0.6) is 0 Å². The zero-order valence-electron chi connectivity index (χ0n) is 13.5. The van der Waals surface area contributed by atoms with Crippen LogP contribution in [0.3, 0.4) is 0 Å². The molecule has 1 aliphatic carbocycles. The van der Waals surface area contributed by atoms with E-state index >= 15 is 0 Å². The van der Waals surface area contributed by atoms with Crippen LogP contribution in [0.25, 0.3) is 11.0 Å². The van der Waals surface area contributed by atoms with Crippen LogP contribution in [0.2, 0.25) is 5.02 Å². The molecule has 24 heavy (non-hydrogen) atoms.